The molecular formula is C14H19FN2O2. The van der Waals surface area contributed by atoms with Crippen molar-refractivity contribution in [2.45, 2.75) is 31.8 Å². The highest BCUT2D eigenvalue weighted by atomic mass is 19.1. The summed E-state index contributed by atoms with van der Waals surface area (Å²) in [7, 11) is 1.69. The topological polar surface area (TPSA) is 42.4 Å². The van der Waals surface area contributed by atoms with Crippen LogP contribution >= 0.6 is 0 Å². The van der Waals surface area contributed by atoms with E-state index in [1.807, 2.05) is 0 Å². The summed E-state index contributed by atoms with van der Waals surface area (Å²) in [5.41, 5.74) is 0.0714. The summed E-state index contributed by atoms with van der Waals surface area (Å²) in [5.74, 6) is -0.885. The van der Waals surface area contributed by atoms with Gasteiger partial charge in [-0.15, -0.1) is 0 Å². The summed E-state index contributed by atoms with van der Waals surface area (Å²) < 4.78 is 19.1. The molecule has 0 spiro atoms. The van der Waals surface area contributed by atoms with Crippen LogP contribution in [0, 0.1) is 5.82 Å². The number of ether oxygens (including phenoxy) is 1. The zero-order valence-corrected chi connectivity index (χ0v) is 11.1. The molecule has 19 heavy (non-hydrogen) atoms. The largest absolute Gasteiger partial charge is 0.378 e. The molecule has 4 nitrogen and oxygen atoms in total. The molecule has 1 unspecified atom stereocenters. The van der Waals surface area contributed by atoms with Crippen molar-refractivity contribution in [2.24, 2.45) is 0 Å². The summed E-state index contributed by atoms with van der Waals surface area (Å²) in [6, 6.07) is 1.41. The standard InChI is InChI=1S/C14H19FN2O2/c1-17(8-6-11-4-2-3-9-19-11)14(18)12-5-7-16-10-13(12)15/h5,7,10-11H,2-4,6,8-9H2,1H3. The van der Waals surface area contributed by atoms with Crippen LogP contribution in [0.1, 0.15) is 36.0 Å². The molecule has 1 atom stereocenters. The second kappa shape index (κ2) is 6.61. The van der Waals surface area contributed by atoms with Crippen molar-refractivity contribution in [1.29, 1.82) is 0 Å². The van der Waals surface area contributed by atoms with E-state index in [-0.39, 0.29) is 17.6 Å². The van der Waals surface area contributed by atoms with Crippen LogP contribution < -0.4 is 0 Å². The minimum atomic E-state index is -0.576. The number of hydrogen-bond acceptors (Lipinski definition) is 3. The van der Waals surface area contributed by atoms with Crippen molar-refractivity contribution in [3.63, 3.8) is 0 Å². The van der Waals surface area contributed by atoms with E-state index in [1.165, 1.54) is 23.6 Å². The molecule has 0 N–H and O–H groups in total. The smallest absolute Gasteiger partial charge is 0.256 e. The number of carbonyl (C=O) groups excluding carboxylic acids is 1. The Bertz CT molecular complexity index is 433. The van der Waals surface area contributed by atoms with E-state index in [0.29, 0.717) is 6.54 Å². The molecule has 0 bridgehead atoms. The highest BCUT2D eigenvalue weighted by Gasteiger charge is 2.19. The lowest BCUT2D eigenvalue weighted by Crippen LogP contribution is -2.32. The minimum Gasteiger partial charge on any atom is -0.378 e. The van der Waals surface area contributed by atoms with Crippen LogP contribution in [0.2, 0.25) is 0 Å². The molecule has 0 saturated carbocycles. The quantitative estimate of drug-likeness (QED) is 0.839. The van der Waals surface area contributed by atoms with Crippen LogP contribution in [0.4, 0.5) is 4.39 Å². The normalized spacial score (nSPS) is 19.2. The maximum Gasteiger partial charge on any atom is 0.256 e. The molecule has 1 aromatic rings. The highest BCUT2D eigenvalue weighted by Crippen LogP contribution is 2.16. The van der Waals surface area contributed by atoms with Gasteiger partial charge >= 0.3 is 0 Å². The number of halogens is 1. The number of pyridine rings is 1. The number of hydrogen-bond donors (Lipinski definition) is 0. The predicted molar refractivity (Wildman–Crippen MR) is 69.4 cm³/mol. The Kier molecular flexibility index (Phi) is 4.85. The number of carbonyl (C=O) groups is 1. The SMILES string of the molecule is CN(CCC1CCCCO1)C(=O)c1ccncc1F. The van der Waals surface area contributed by atoms with Gasteiger partial charge in [0.2, 0.25) is 0 Å². The zero-order valence-electron chi connectivity index (χ0n) is 11.1. The van der Waals surface area contributed by atoms with E-state index in [9.17, 15) is 9.18 Å². The molecule has 1 aliphatic rings. The van der Waals surface area contributed by atoms with Gasteiger partial charge in [0.15, 0.2) is 5.82 Å². The van der Waals surface area contributed by atoms with Crippen LogP contribution in [0.25, 0.3) is 0 Å². The fourth-order valence-electron chi connectivity index (χ4n) is 2.23. The number of nitrogens with zero attached hydrogens (tertiary/aromatic N) is 2. The lowest BCUT2D eigenvalue weighted by molar-refractivity contribution is 0.00706. The van der Waals surface area contributed by atoms with Gasteiger partial charge in [-0.1, -0.05) is 0 Å². The first-order valence-corrected chi connectivity index (χ1v) is 6.65. The fourth-order valence-corrected chi connectivity index (χ4v) is 2.23. The molecule has 1 fully saturated rings. The van der Waals surface area contributed by atoms with Crippen LogP contribution in [0.3, 0.4) is 0 Å². The van der Waals surface area contributed by atoms with E-state index in [2.05, 4.69) is 4.98 Å². The molecule has 104 valence electrons. The van der Waals surface area contributed by atoms with Gasteiger partial charge in [-0.2, -0.15) is 0 Å². The average Bonchev–Trinajstić information content (AvgIpc) is 2.45. The predicted octanol–water partition coefficient (Wildman–Crippen LogP) is 2.25. The number of amides is 1. The van der Waals surface area contributed by atoms with Gasteiger partial charge in [-0.25, -0.2) is 4.39 Å². The molecule has 1 aromatic heterocycles. The zero-order chi connectivity index (χ0) is 13.7. The molecule has 1 amide bonds. The van der Waals surface area contributed by atoms with Crippen molar-refractivity contribution in [3.8, 4) is 0 Å². The summed E-state index contributed by atoms with van der Waals surface area (Å²) in [6.45, 7) is 1.38. The molecule has 1 saturated heterocycles. The Morgan fingerprint density at radius 2 is 2.42 bits per heavy atom. The Hall–Kier alpha value is -1.49. The van der Waals surface area contributed by atoms with Crippen molar-refractivity contribution < 1.29 is 13.9 Å². The molecule has 0 aliphatic carbocycles. The summed E-state index contributed by atoms with van der Waals surface area (Å²) >= 11 is 0. The highest BCUT2D eigenvalue weighted by molar-refractivity contribution is 5.94. The van der Waals surface area contributed by atoms with E-state index in [0.717, 1.165) is 32.1 Å². The average molecular weight is 266 g/mol. The molecule has 5 heteroatoms. The lowest BCUT2D eigenvalue weighted by Gasteiger charge is -2.25. The molecular weight excluding hydrogens is 247 g/mol. The Morgan fingerprint density at radius 3 is 3.11 bits per heavy atom. The minimum absolute atomic E-state index is 0.0714. The second-order valence-electron chi connectivity index (χ2n) is 4.86. The van der Waals surface area contributed by atoms with E-state index in [1.54, 1.807) is 7.05 Å². The van der Waals surface area contributed by atoms with Crippen LogP contribution in [-0.2, 0) is 4.74 Å². The first kappa shape index (κ1) is 13.9. The van der Waals surface area contributed by atoms with Gasteiger partial charge in [0, 0.05) is 26.4 Å². The van der Waals surface area contributed by atoms with Crippen molar-refractivity contribution >= 4 is 5.91 Å². The first-order chi connectivity index (χ1) is 9.18. The van der Waals surface area contributed by atoms with Crippen molar-refractivity contribution in [1.82, 2.24) is 9.88 Å². The van der Waals surface area contributed by atoms with Gasteiger partial charge in [-0.3, -0.25) is 9.78 Å². The molecule has 0 radical (unpaired) electrons. The number of aromatic nitrogens is 1. The van der Waals surface area contributed by atoms with E-state index >= 15 is 0 Å². The third-order valence-corrected chi connectivity index (χ3v) is 3.41. The van der Waals surface area contributed by atoms with Crippen molar-refractivity contribution in [3.05, 3.63) is 29.8 Å². The van der Waals surface area contributed by atoms with E-state index < -0.39 is 5.82 Å². The van der Waals surface area contributed by atoms with Gasteiger partial charge < -0.3 is 9.64 Å². The Labute approximate surface area is 112 Å². The Balaban J connectivity index is 1.87. The van der Waals surface area contributed by atoms with Crippen LogP contribution in [0.15, 0.2) is 18.5 Å². The maximum atomic E-state index is 13.5. The first-order valence-electron chi connectivity index (χ1n) is 6.65. The van der Waals surface area contributed by atoms with Crippen molar-refractivity contribution in [2.75, 3.05) is 20.2 Å². The summed E-state index contributed by atoms with van der Waals surface area (Å²) in [6.07, 6.45) is 6.86. The van der Waals surface area contributed by atoms with Crippen LogP contribution in [-0.4, -0.2) is 42.1 Å². The fraction of sp³-hybridized carbons (Fsp3) is 0.571. The molecule has 0 aromatic carbocycles. The lowest BCUT2D eigenvalue weighted by atomic mass is 10.1. The summed E-state index contributed by atoms with van der Waals surface area (Å²) in [5, 5.41) is 0. The van der Waals surface area contributed by atoms with Gasteiger partial charge in [-0.05, 0) is 31.7 Å². The maximum absolute atomic E-state index is 13.5. The van der Waals surface area contributed by atoms with Gasteiger partial charge in [0.25, 0.3) is 5.91 Å². The third kappa shape index (κ3) is 3.73. The summed E-state index contributed by atoms with van der Waals surface area (Å²) in [4.78, 5) is 17.2. The van der Waals surface area contributed by atoms with Gasteiger partial charge in [0.05, 0.1) is 17.9 Å². The molecule has 2 rings (SSSR count). The number of rotatable bonds is 4. The third-order valence-electron chi connectivity index (χ3n) is 3.41. The molecule has 1 aliphatic heterocycles. The monoisotopic (exact) mass is 266 g/mol. The Morgan fingerprint density at radius 1 is 1.58 bits per heavy atom. The molecule has 2 heterocycles. The van der Waals surface area contributed by atoms with E-state index in [4.69, 9.17) is 4.74 Å². The second-order valence-corrected chi connectivity index (χ2v) is 4.86. The van der Waals surface area contributed by atoms with Crippen LogP contribution in [0.5, 0.6) is 0 Å². The van der Waals surface area contributed by atoms with Gasteiger partial charge in [0.1, 0.15) is 0 Å².